The molecule has 0 aliphatic heterocycles. The Morgan fingerprint density at radius 3 is 2.83 bits per heavy atom. The van der Waals surface area contributed by atoms with E-state index in [1.807, 2.05) is 0 Å². The number of hydrogen-bond donors (Lipinski definition) is 1. The van der Waals surface area contributed by atoms with Crippen LogP contribution in [0, 0.1) is 0 Å². The van der Waals surface area contributed by atoms with E-state index in [-0.39, 0.29) is 11.1 Å². The van der Waals surface area contributed by atoms with E-state index in [4.69, 9.17) is 11.6 Å². The van der Waals surface area contributed by atoms with E-state index in [1.165, 1.54) is 29.1 Å². The summed E-state index contributed by atoms with van der Waals surface area (Å²) in [6.07, 6.45) is 3.02. The number of halogens is 1. The quantitative estimate of drug-likeness (QED) is 0.897. The lowest BCUT2D eigenvalue weighted by Gasteiger charge is -2.05. The zero-order chi connectivity index (χ0) is 13.1. The summed E-state index contributed by atoms with van der Waals surface area (Å²) in [5.41, 5.74) is 0.0292. The second kappa shape index (κ2) is 5.01. The van der Waals surface area contributed by atoms with E-state index >= 15 is 0 Å². The van der Waals surface area contributed by atoms with Gasteiger partial charge in [-0.25, -0.2) is 4.98 Å². The number of carbonyl (C=O) groups excluding carboxylic acids is 1. The van der Waals surface area contributed by atoms with Crippen LogP contribution in [0.3, 0.4) is 0 Å². The van der Waals surface area contributed by atoms with Crippen LogP contribution in [0.2, 0.25) is 5.02 Å². The lowest BCUT2D eigenvalue weighted by Crippen LogP contribution is -2.20. The molecule has 2 aromatic rings. The molecule has 0 spiro atoms. The number of hydrogen-bond acceptors (Lipinski definition) is 3. The lowest BCUT2D eigenvalue weighted by molar-refractivity contribution is 0.102. The summed E-state index contributed by atoms with van der Waals surface area (Å²) >= 11 is 5.78. The number of nitrogens with zero attached hydrogens (tertiary/aromatic N) is 2. The van der Waals surface area contributed by atoms with Gasteiger partial charge in [0.25, 0.3) is 11.5 Å². The number of pyridine rings is 2. The molecule has 2 aromatic heterocycles. The van der Waals surface area contributed by atoms with E-state index in [9.17, 15) is 9.59 Å². The number of aromatic nitrogens is 2. The monoisotopic (exact) mass is 263 g/mol. The van der Waals surface area contributed by atoms with Gasteiger partial charge in [-0.2, -0.15) is 0 Å². The van der Waals surface area contributed by atoms with Crippen LogP contribution in [-0.2, 0) is 7.05 Å². The van der Waals surface area contributed by atoms with Crippen molar-refractivity contribution in [3.63, 3.8) is 0 Å². The van der Waals surface area contributed by atoms with E-state index < -0.39 is 5.91 Å². The van der Waals surface area contributed by atoms with E-state index in [0.29, 0.717) is 10.8 Å². The molecule has 2 rings (SSSR count). The van der Waals surface area contributed by atoms with E-state index in [2.05, 4.69) is 10.3 Å². The molecule has 0 fully saturated rings. The highest BCUT2D eigenvalue weighted by atomic mass is 35.5. The van der Waals surface area contributed by atoms with Gasteiger partial charge in [0.2, 0.25) is 0 Å². The third-order valence-corrected chi connectivity index (χ3v) is 2.57. The first-order chi connectivity index (χ1) is 8.56. The van der Waals surface area contributed by atoms with Gasteiger partial charge >= 0.3 is 0 Å². The van der Waals surface area contributed by atoms with E-state index in [1.54, 1.807) is 19.2 Å². The molecular weight excluding hydrogens is 254 g/mol. The normalized spacial score (nSPS) is 10.1. The highest BCUT2D eigenvalue weighted by molar-refractivity contribution is 6.30. The molecule has 1 amide bonds. The highest BCUT2D eigenvalue weighted by Gasteiger charge is 2.08. The van der Waals surface area contributed by atoms with Gasteiger partial charge in [-0.05, 0) is 18.2 Å². The molecule has 6 heteroatoms. The maximum atomic E-state index is 11.8. The van der Waals surface area contributed by atoms with Gasteiger partial charge < -0.3 is 9.88 Å². The summed E-state index contributed by atoms with van der Waals surface area (Å²) in [6.45, 7) is 0. The van der Waals surface area contributed by atoms with Crippen LogP contribution in [0.1, 0.15) is 10.4 Å². The molecule has 0 atom stereocenters. The number of carbonyl (C=O) groups is 1. The zero-order valence-electron chi connectivity index (χ0n) is 9.55. The van der Waals surface area contributed by atoms with Gasteiger partial charge in [0.15, 0.2) is 0 Å². The Morgan fingerprint density at radius 1 is 1.39 bits per heavy atom. The van der Waals surface area contributed by atoms with Gasteiger partial charge in [-0.15, -0.1) is 0 Å². The number of nitrogens with one attached hydrogen (secondary N) is 1. The first-order valence-corrected chi connectivity index (χ1v) is 5.53. The van der Waals surface area contributed by atoms with Crippen LogP contribution in [0.4, 0.5) is 5.82 Å². The van der Waals surface area contributed by atoms with Crippen LogP contribution in [0.25, 0.3) is 0 Å². The molecule has 0 aliphatic carbocycles. The maximum absolute atomic E-state index is 11.8. The van der Waals surface area contributed by atoms with Crippen molar-refractivity contribution in [1.82, 2.24) is 9.55 Å². The van der Waals surface area contributed by atoms with Gasteiger partial charge in [-0.1, -0.05) is 11.6 Å². The van der Waals surface area contributed by atoms with Gasteiger partial charge in [-0.3, -0.25) is 9.59 Å². The fourth-order valence-corrected chi connectivity index (χ4v) is 1.51. The van der Waals surface area contributed by atoms with Crippen molar-refractivity contribution in [2.75, 3.05) is 5.32 Å². The maximum Gasteiger partial charge on any atom is 0.257 e. The largest absolute Gasteiger partial charge is 0.319 e. The Labute approximate surface area is 108 Å². The van der Waals surface area contributed by atoms with Crippen molar-refractivity contribution in [2.45, 2.75) is 0 Å². The van der Waals surface area contributed by atoms with Crippen molar-refractivity contribution in [2.24, 2.45) is 7.05 Å². The third kappa shape index (κ3) is 2.75. The zero-order valence-corrected chi connectivity index (χ0v) is 10.3. The number of anilines is 1. The van der Waals surface area contributed by atoms with Gasteiger partial charge in [0.1, 0.15) is 5.82 Å². The number of rotatable bonds is 2. The molecule has 1 N–H and O–H groups in total. The van der Waals surface area contributed by atoms with Crippen molar-refractivity contribution >= 4 is 23.3 Å². The molecule has 0 unspecified atom stereocenters. The lowest BCUT2D eigenvalue weighted by atomic mass is 10.2. The second-order valence-electron chi connectivity index (χ2n) is 3.68. The molecule has 0 bridgehead atoms. The fourth-order valence-electron chi connectivity index (χ4n) is 1.35. The van der Waals surface area contributed by atoms with Crippen LogP contribution >= 0.6 is 11.6 Å². The third-order valence-electron chi connectivity index (χ3n) is 2.33. The van der Waals surface area contributed by atoms with Crippen molar-refractivity contribution in [1.29, 1.82) is 0 Å². The summed E-state index contributed by atoms with van der Waals surface area (Å²) in [7, 11) is 1.61. The van der Waals surface area contributed by atoms with Gasteiger partial charge in [0.05, 0.1) is 0 Å². The fraction of sp³-hybridized carbons (Fsp3) is 0.0833. The second-order valence-corrected chi connectivity index (χ2v) is 4.11. The smallest absolute Gasteiger partial charge is 0.257 e. The topological polar surface area (TPSA) is 64.0 Å². The summed E-state index contributed by atoms with van der Waals surface area (Å²) in [5.74, 6) is -0.0596. The molecule has 5 nitrogen and oxygen atoms in total. The average Bonchev–Trinajstić information content (AvgIpc) is 2.32. The van der Waals surface area contributed by atoms with Crippen LogP contribution in [0.15, 0.2) is 41.5 Å². The molecule has 0 aliphatic rings. The molecule has 0 radical (unpaired) electrons. The molecule has 0 aromatic carbocycles. The molecule has 92 valence electrons. The Balaban J connectivity index is 2.22. The van der Waals surface area contributed by atoms with E-state index in [0.717, 1.165) is 0 Å². The van der Waals surface area contributed by atoms with Crippen molar-refractivity contribution in [3.8, 4) is 0 Å². The summed E-state index contributed by atoms with van der Waals surface area (Å²) in [6, 6.07) is 5.96. The first-order valence-electron chi connectivity index (χ1n) is 5.16. The predicted molar refractivity (Wildman–Crippen MR) is 68.9 cm³/mol. The minimum atomic E-state index is -0.400. The molecule has 0 saturated heterocycles. The Morgan fingerprint density at radius 2 is 2.17 bits per heavy atom. The Bertz CT molecular complexity index is 652. The first kappa shape index (κ1) is 12.3. The minimum absolute atomic E-state index is 0.248. The Hall–Kier alpha value is -2.14. The predicted octanol–water partition coefficient (Wildman–Crippen LogP) is 1.69. The van der Waals surface area contributed by atoms with Crippen molar-refractivity contribution in [3.05, 3.63) is 57.6 Å². The highest BCUT2D eigenvalue weighted by Crippen LogP contribution is 2.12. The molecule has 0 saturated carbocycles. The van der Waals surface area contributed by atoms with Crippen LogP contribution < -0.4 is 10.9 Å². The Kier molecular flexibility index (Phi) is 3.43. The molecular formula is C12H10ClN3O2. The number of amides is 1. The summed E-state index contributed by atoms with van der Waals surface area (Å²) in [5, 5.41) is 3.04. The van der Waals surface area contributed by atoms with Crippen molar-refractivity contribution < 1.29 is 4.79 Å². The molecule has 2 heterocycles. The standard InChI is InChI=1S/C12H10ClN3O2/c1-16-5-3-8(6-11(16)17)12(18)15-10-7-9(13)2-4-14-10/h2-7H,1H3,(H,14,15,18). The SMILES string of the molecule is Cn1ccc(C(=O)Nc2cc(Cl)ccn2)cc1=O. The van der Waals surface area contributed by atoms with Crippen LogP contribution in [-0.4, -0.2) is 15.5 Å². The molecule has 18 heavy (non-hydrogen) atoms. The minimum Gasteiger partial charge on any atom is -0.319 e. The van der Waals surface area contributed by atoms with Crippen LogP contribution in [0.5, 0.6) is 0 Å². The summed E-state index contributed by atoms with van der Waals surface area (Å²) in [4.78, 5) is 27.2. The van der Waals surface area contributed by atoms with Gasteiger partial charge in [0, 0.05) is 36.1 Å². The number of aryl methyl sites for hydroxylation is 1. The summed E-state index contributed by atoms with van der Waals surface area (Å²) < 4.78 is 1.38. The average molecular weight is 264 g/mol.